The molecule has 0 fully saturated rings. The molecule has 0 saturated carbocycles. The Bertz CT molecular complexity index is 648. The summed E-state index contributed by atoms with van der Waals surface area (Å²) in [4.78, 5) is 18.9. The Morgan fingerprint density at radius 3 is 2.80 bits per heavy atom. The van der Waals surface area contributed by atoms with Crippen LogP contribution >= 0.6 is 15.9 Å². The Morgan fingerprint density at radius 1 is 1.45 bits per heavy atom. The SMILES string of the molecule is Cc1nc2c(C)cc(Br)cn2c1C(=O)NCCN(C)C. The van der Waals surface area contributed by atoms with Gasteiger partial charge in [-0.05, 0) is 55.5 Å². The first kappa shape index (κ1) is 15.0. The number of hydrogen-bond acceptors (Lipinski definition) is 3. The lowest BCUT2D eigenvalue weighted by molar-refractivity contribution is 0.0944. The zero-order valence-corrected chi connectivity index (χ0v) is 13.8. The third kappa shape index (κ3) is 3.02. The maximum Gasteiger partial charge on any atom is 0.270 e. The van der Waals surface area contributed by atoms with Crippen molar-refractivity contribution in [3.05, 3.63) is 33.7 Å². The van der Waals surface area contributed by atoms with Crippen LogP contribution in [0, 0.1) is 13.8 Å². The van der Waals surface area contributed by atoms with Crippen molar-refractivity contribution in [2.24, 2.45) is 0 Å². The quantitative estimate of drug-likeness (QED) is 0.927. The molecular weight excluding hydrogens is 320 g/mol. The molecule has 20 heavy (non-hydrogen) atoms. The van der Waals surface area contributed by atoms with E-state index in [9.17, 15) is 4.79 Å². The maximum atomic E-state index is 12.3. The molecule has 1 N–H and O–H groups in total. The van der Waals surface area contributed by atoms with Crippen LogP contribution in [-0.2, 0) is 0 Å². The lowest BCUT2D eigenvalue weighted by Gasteiger charge is -2.10. The summed E-state index contributed by atoms with van der Waals surface area (Å²) >= 11 is 3.46. The molecule has 0 bridgehead atoms. The van der Waals surface area contributed by atoms with Gasteiger partial charge in [-0.15, -0.1) is 0 Å². The van der Waals surface area contributed by atoms with E-state index in [4.69, 9.17) is 0 Å². The number of rotatable bonds is 4. The van der Waals surface area contributed by atoms with Crippen LogP contribution < -0.4 is 5.32 Å². The minimum atomic E-state index is -0.0886. The van der Waals surface area contributed by atoms with Gasteiger partial charge in [0.05, 0.1) is 5.69 Å². The number of aromatic nitrogens is 2. The number of pyridine rings is 1. The monoisotopic (exact) mass is 338 g/mol. The van der Waals surface area contributed by atoms with Gasteiger partial charge in [0, 0.05) is 23.8 Å². The van der Waals surface area contributed by atoms with Crippen molar-refractivity contribution < 1.29 is 4.79 Å². The second-order valence-electron chi connectivity index (χ2n) is 5.14. The van der Waals surface area contributed by atoms with Crippen LogP contribution in [0.2, 0.25) is 0 Å². The van der Waals surface area contributed by atoms with Crippen LogP contribution in [0.1, 0.15) is 21.7 Å². The van der Waals surface area contributed by atoms with E-state index in [2.05, 4.69) is 26.2 Å². The number of carbonyl (C=O) groups is 1. The zero-order valence-electron chi connectivity index (χ0n) is 12.2. The summed E-state index contributed by atoms with van der Waals surface area (Å²) in [5, 5.41) is 2.93. The summed E-state index contributed by atoms with van der Waals surface area (Å²) in [5.41, 5.74) is 3.20. The molecule has 5 nitrogen and oxygen atoms in total. The summed E-state index contributed by atoms with van der Waals surface area (Å²) in [6.07, 6.45) is 1.88. The van der Waals surface area contributed by atoms with E-state index in [1.165, 1.54) is 0 Å². The van der Waals surface area contributed by atoms with Crippen molar-refractivity contribution in [2.75, 3.05) is 27.2 Å². The fourth-order valence-corrected chi connectivity index (χ4v) is 2.68. The van der Waals surface area contributed by atoms with Gasteiger partial charge >= 0.3 is 0 Å². The van der Waals surface area contributed by atoms with E-state index >= 15 is 0 Å². The molecule has 0 aliphatic rings. The third-order valence-electron chi connectivity index (χ3n) is 3.10. The van der Waals surface area contributed by atoms with Crippen molar-refractivity contribution in [2.45, 2.75) is 13.8 Å². The standard InChI is InChI=1S/C14H19BrN4O/c1-9-7-11(15)8-19-12(10(2)17-13(9)19)14(20)16-5-6-18(3)4/h7-8H,5-6H2,1-4H3,(H,16,20). The molecule has 0 saturated heterocycles. The van der Waals surface area contributed by atoms with Gasteiger partial charge in [-0.1, -0.05) is 0 Å². The summed E-state index contributed by atoms with van der Waals surface area (Å²) in [5.74, 6) is -0.0886. The molecule has 0 atom stereocenters. The maximum absolute atomic E-state index is 12.3. The van der Waals surface area contributed by atoms with E-state index in [0.717, 1.165) is 27.9 Å². The predicted octanol–water partition coefficient (Wildman–Crippen LogP) is 2.01. The fourth-order valence-electron chi connectivity index (χ4n) is 2.13. The highest BCUT2D eigenvalue weighted by Crippen LogP contribution is 2.20. The van der Waals surface area contributed by atoms with Gasteiger partial charge in [-0.25, -0.2) is 4.98 Å². The van der Waals surface area contributed by atoms with Gasteiger partial charge in [-0.2, -0.15) is 0 Å². The number of nitrogens with one attached hydrogen (secondary N) is 1. The van der Waals surface area contributed by atoms with E-state index in [1.54, 1.807) is 0 Å². The number of hydrogen-bond donors (Lipinski definition) is 1. The van der Waals surface area contributed by atoms with Crippen LogP contribution in [0.5, 0.6) is 0 Å². The first-order valence-electron chi connectivity index (χ1n) is 6.48. The number of amides is 1. The molecule has 0 unspecified atom stereocenters. The Balaban J connectivity index is 2.34. The topological polar surface area (TPSA) is 49.6 Å². The molecule has 0 radical (unpaired) electrons. The molecule has 0 aromatic carbocycles. The Labute approximate surface area is 127 Å². The molecule has 0 spiro atoms. The van der Waals surface area contributed by atoms with Crippen molar-refractivity contribution in [3.8, 4) is 0 Å². The second-order valence-corrected chi connectivity index (χ2v) is 6.06. The molecular formula is C14H19BrN4O. The zero-order chi connectivity index (χ0) is 14.9. The average molecular weight is 339 g/mol. The van der Waals surface area contributed by atoms with Crippen LogP contribution in [0.15, 0.2) is 16.7 Å². The number of imidazole rings is 1. The molecule has 108 valence electrons. The number of carbonyl (C=O) groups excluding carboxylic acids is 1. The van der Waals surface area contributed by atoms with Gasteiger partial charge in [0.15, 0.2) is 0 Å². The summed E-state index contributed by atoms with van der Waals surface area (Å²) in [6, 6.07) is 2.00. The number of likely N-dealkylation sites (N-methyl/N-ethyl adjacent to an activating group) is 1. The fraction of sp³-hybridized carbons (Fsp3) is 0.429. The molecule has 6 heteroatoms. The molecule has 2 rings (SSSR count). The normalized spacial score (nSPS) is 11.3. The highest BCUT2D eigenvalue weighted by molar-refractivity contribution is 9.10. The highest BCUT2D eigenvalue weighted by Gasteiger charge is 2.17. The lowest BCUT2D eigenvalue weighted by atomic mass is 10.3. The largest absolute Gasteiger partial charge is 0.349 e. The Hall–Kier alpha value is -1.40. The number of halogens is 1. The Kier molecular flexibility index (Phi) is 4.45. The van der Waals surface area contributed by atoms with Crippen LogP contribution in [-0.4, -0.2) is 47.4 Å². The highest BCUT2D eigenvalue weighted by atomic mass is 79.9. The third-order valence-corrected chi connectivity index (χ3v) is 3.54. The van der Waals surface area contributed by atoms with Gasteiger partial charge in [-0.3, -0.25) is 9.20 Å². The number of nitrogens with zero attached hydrogens (tertiary/aromatic N) is 3. The van der Waals surface area contributed by atoms with Gasteiger partial charge in [0.2, 0.25) is 0 Å². The molecule has 2 heterocycles. The summed E-state index contributed by atoms with van der Waals surface area (Å²) < 4.78 is 2.78. The number of fused-ring (bicyclic) bond motifs is 1. The lowest BCUT2D eigenvalue weighted by Crippen LogP contribution is -2.32. The summed E-state index contributed by atoms with van der Waals surface area (Å²) in [7, 11) is 3.96. The molecule has 2 aromatic rings. The van der Waals surface area contributed by atoms with E-state index in [-0.39, 0.29) is 5.91 Å². The van der Waals surface area contributed by atoms with Gasteiger partial charge in [0.1, 0.15) is 11.3 Å². The molecule has 0 aliphatic carbocycles. The predicted molar refractivity (Wildman–Crippen MR) is 83.3 cm³/mol. The van der Waals surface area contributed by atoms with Crippen molar-refractivity contribution in [1.29, 1.82) is 0 Å². The molecule has 0 aliphatic heterocycles. The van der Waals surface area contributed by atoms with Crippen molar-refractivity contribution >= 4 is 27.5 Å². The first-order valence-corrected chi connectivity index (χ1v) is 7.27. The smallest absolute Gasteiger partial charge is 0.270 e. The van der Waals surface area contributed by atoms with Crippen LogP contribution in [0.4, 0.5) is 0 Å². The average Bonchev–Trinajstić information content (AvgIpc) is 2.65. The minimum absolute atomic E-state index is 0.0886. The second kappa shape index (κ2) is 5.93. The van der Waals surface area contributed by atoms with Gasteiger partial charge < -0.3 is 10.2 Å². The van der Waals surface area contributed by atoms with E-state index in [1.807, 2.05) is 49.5 Å². The first-order chi connectivity index (χ1) is 9.40. The number of aryl methyl sites for hydroxylation is 2. The summed E-state index contributed by atoms with van der Waals surface area (Å²) in [6.45, 7) is 5.28. The van der Waals surface area contributed by atoms with Crippen LogP contribution in [0.3, 0.4) is 0 Å². The van der Waals surface area contributed by atoms with Crippen LogP contribution in [0.25, 0.3) is 5.65 Å². The molecule has 1 amide bonds. The van der Waals surface area contributed by atoms with Crippen molar-refractivity contribution in [1.82, 2.24) is 19.6 Å². The van der Waals surface area contributed by atoms with E-state index < -0.39 is 0 Å². The Morgan fingerprint density at radius 2 is 2.15 bits per heavy atom. The van der Waals surface area contributed by atoms with Gasteiger partial charge in [0.25, 0.3) is 5.91 Å². The minimum Gasteiger partial charge on any atom is -0.349 e. The molecule has 2 aromatic heterocycles. The van der Waals surface area contributed by atoms with Crippen molar-refractivity contribution in [3.63, 3.8) is 0 Å². The van der Waals surface area contributed by atoms with E-state index in [0.29, 0.717) is 12.2 Å².